The van der Waals surface area contributed by atoms with Gasteiger partial charge in [-0.1, -0.05) is 35.8 Å². The Hall–Kier alpha value is -2.65. The Morgan fingerprint density at radius 2 is 2.21 bits per heavy atom. The van der Waals surface area contributed by atoms with Gasteiger partial charge in [0.25, 0.3) is 0 Å². The Bertz CT molecular complexity index is 698. The van der Waals surface area contributed by atoms with Gasteiger partial charge < -0.3 is 15.2 Å². The third-order valence-corrected chi connectivity index (χ3v) is 4.26. The molecule has 0 radical (unpaired) electrons. The molecule has 0 spiro atoms. The van der Waals surface area contributed by atoms with Gasteiger partial charge in [0.05, 0.1) is 18.3 Å². The van der Waals surface area contributed by atoms with Crippen LogP contribution in [0.2, 0.25) is 0 Å². The molecule has 1 aliphatic heterocycles. The van der Waals surface area contributed by atoms with Gasteiger partial charge in [-0.3, -0.25) is 4.79 Å². The minimum Gasteiger partial charge on any atom is -0.364 e. The number of carbonyl (C=O) groups excluding carboxylic acids is 1. The lowest BCUT2D eigenvalue weighted by atomic mass is 10.0. The second-order valence-electron chi connectivity index (χ2n) is 6.01. The summed E-state index contributed by atoms with van der Waals surface area (Å²) in [6.07, 6.45) is 6.71. The van der Waals surface area contributed by atoms with Crippen LogP contribution in [0.5, 0.6) is 0 Å². The molecule has 2 aromatic rings. The monoisotopic (exact) mass is 324 g/mol. The number of aromatic nitrogens is 1. The normalized spacial score (nSPS) is 18.5. The van der Waals surface area contributed by atoms with E-state index in [1.807, 2.05) is 24.3 Å². The first-order valence-corrected chi connectivity index (χ1v) is 8.18. The van der Waals surface area contributed by atoms with Gasteiger partial charge in [0.2, 0.25) is 5.91 Å². The number of piperidine rings is 1. The number of nitrogens with zero attached hydrogens (tertiary/aromatic N) is 2. The molecule has 6 nitrogen and oxygen atoms in total. The van der Waals surface area contributed by atoms with Crippen molar-refractivity contribution in [3.05, 3.63) is 42.3 Å². The Labute approximate surface area is 140 Å². The summed E-state index contributed by atoms with van der Waals surface area (Å²) in [5, 5.41) is 19.1. The molecule has 124 valence electrons. The first-order valence-electron chi connectivity index (χ1n) is 8.18. The molecule has 0 bridgehead atoms. The van der Waals surface area contributed by atoms with E-state index < -0.39 is 6.04 Å². The number of hydrogen-bond donors (Lipinski definition) is 2. The molecule has 2 atom stereocenters. The van der Waals surface area contributed by atoms with Crippen molar-refractivity contribution >= 4 is 5.91 Å². The summed E-state index contributed by atoms with van der Waals surface area (Å²) >= 11 is 0. The van der Waals surface area contributed by atoms with E-state index in [4.69, 9.17) is 4.52 Å². The molecule has 2 heterocycles. The molecule has 24 heavy (non-hydrogen) atoms. The summed E-state index contributed by atoms with van der Waals surface area (Å²) in [6.45, 7) is 0.861. The Morgan fingerprint density at radius 1 is 1.38 bits per heavy atom. The minimum absolute atomic E-state index is 0.0812. The third-order valence-electron chi connectivity index (χ3n) is 4.26. The maximum atomic E-state index is 12.2. The largest absolute Gasteiger partial charge is 0.364 e. The van der Waals surface area contributed by atoms with Crippen LogP contribution in [0.15, 0.2) is 41.2 Å². The zero-order chi connectivity index (χ0) is 16.8. The highest BCUT2D eigenvalue weighted by molar-refractivity contribution is 5.82. The summed E-state index contributed by atoms with van der Waals surface area (Å²) in [5.74, 6) is -0.0812. The summed E-state index contributed by atoms with van der Waals surface area (Å²) in [4.78, 5) is 12.2. The van der Waals surface area contributed by atoms with E-state index in [0.717, 1.165) is 42.5 Å². The first kappa shape index (κ1) is 16.2. The molecule has 0 saturated carbocycles. The van der Waals surface area contributed by atoms with Crippen LogP contribution in [0.25, 0.3) is 11.1 Å². The van der Waals surface area contributed by atoms with Gasteiger partial charge in [-0.05, 0) is 30.5 Å². The molecule has 1 aliphatic rings. The first-order chi connectivity index (χ1) is 11.8. The van der Waals surface area contributed by atoms with Crippen LogP contribution < -0.4 is 10.6 Å². The van der Waals surface area contributed by atoms with Crippen molar-refractivity contribution in [2.45, 2.75) is 37.8 Å². The molecule has 3 rings (SSSR count). The number of rotatable bonds is 5. The van der Waals surface area contributed by atoms with E-state index in [0.29, 0.717) is 6.42 Å². The van der Waals surface area contributed by atoms with Crippen LogP contribution in [0.4, 0.5) is 0 Å². The predicted molar refractivity (Wildman–Crippen MR) is 88.8 cm³/mol. The van der Waals surface area contributed by atoms with E-state index in [1.165, 1.54) is 0 Å². The van der Waals surface area contributed by atoms with Gasteiger partial charge in [-0.2, -0.15) is 5.26 Å². The fraction of sp³-hybridized carbons (Fsp3) is 0.389. The van der Waals surface area contributed by atoms with Crippen molar-refractivity contribution in [2.75, 3.05) is 6.54 Å². The molecule has 0 aliphatic carbocycles. The second-order valence-corrected chi connectivity index (χ2v) is 6.01. The van der Waals surface area contributed by atoms with E-state index in [1.54, 1.807) is 12.5 Å². The Kier molecular flexibility index (Phi) is 5.24. The zero-order valence-corrected chi connectivity index (χ0v) is 13.4. The average Bonchev–Trinajstić information content (AvgIpc) is 3.17. The number of hydrogen-bond acceptors (Lipinski definition) is 5. The lowest BCUT2D eigenvalue weighted by molar-refractivity contribution is -0.124. The fourth-order valence-electron chi connectivity index (χ4n) is 2.89. The van der Waals surface area contributed by atoms with Crippen molar-refractivity contribution in [1.29, 1.82) is 5.26 Å². The molecule has 1 saturated heterocycles. The standard InChI is InChI=1S/C18H20N4O2/c19-10-16(22-18(23)17-3-1-2-8-20-17)9-13-4-6-14(7-5-13)15-11-21-24-12-15/h4-7,11-12,16-17,20H,1-3,8-9H2,(H,22,23)/t16-,17-/m0/s1. The van der Waals surface area contributed by atoms with Crippen molar-refractivity contribution in [2.24, 2.45) is 0 Å². The van der Waals surface area contributed by atoms with E-state index in [2.05, 4.69) is 21.9 Å². The Balaban J connectivity index is 1.58. The van der Waals surface area contributed by atoms with Crippen molar-refractivity contribution in [3.63, 3.8) is 0 Å². The fourth-order valence-corrected chi connectivity index (χ4v) is 2.89. The van der Waals surface area contributed by atoms with Crippen LogP contribution in [-0.2, 0) is 11.2 Å². The number of carbonyl (C=O) groups is 1. The number of nitrogens with one attached hydrogen (secondary N) is 2. The van der Waals surface area contributed by atoms with E-state index in [9.17, 15) is 10.1 Å². The lowest BCUT2D eigenvalue weighted by Crippen LogP contribution is -2.49. The molecule has 1 aromatic heterocycles. The third kappa shape index (κ3) is 4.00. The van der Waals surface area contributed by atoms with Crippen molar-refractivity contribution in [1.82, 2.24) is 15.8 Å². The van der Waals surface area contributed by atoms with E-state index in [-0.39, 0.29) is 11.9 Å². The van der Waals surface area contributed by atoms with Crippen LogP contribution in [-0.4, -0.2) is 29.7 Å². The predicted octanol–water partition coefficient (Wildman–Crippen LogP) is 2.03. The Morgan fingerprint density at radius 3 is 2.83 bits per heavy atom. The molecule has 1 fully saturated rings. The average molecular weight is 324 g/mol. The molecule has 2 N–H and O–H groups in total. The van der Waals surface area contributed by atoms with Gasteiger partial charge in [0.1, 0.15) is 12.3 Å². The maximum Gasteiger partial charge on any atom is 0.238 e. The summed E-state index contributed by atoms with van der Waals surface area (Å²) in [6, 6.07) is 9.31. The topological polar surface area (TPSA) is 91.0 Å². The SMILES string of the molecule is N#C[C@H](Cc1ccc(-c2cnoc2)cc1)NC(=O)[C@@H]1CCCCN1. The van der Waals surface area contributed by atoms with Crippen molar-refractivity contribution in [3.8, 4) is 17.2 Å². The summed E-state index contributed by atoms with van der Waals surface area (Å²) < 4.78 is 4.84. The quantitative estimate of drug-likeness (QED) is 0.878. The van der Waals surface area contributed by atoms with Gasteiger partial charge in [-0.25, -0.2) is 0 Å². The molecular weight excluding hydrogens is 304 g/mol. The summed E-state index contributed by atoms with van der Waals surface area (Å²) in [7, 11) is 0. The molecule has 0 unspecified atom stereocenters. The smallest absolute Gasteiger partial charge is 0.238 e. The highest BCUT2D eigenvalue weighted by atomic mass is 16.5. The maximum absolute atomic E-state index is 12.2. The van der Waals surface area contributed by atoms with Crippen LogP contribution in [0, 0.1) is 11.3 Å². The van der Waals surface area contributed by atoms with Gasteiger partial charge in [0.15, 0.2) is 0 Å². The summed E-state index contributed by atoms with van der Waals surface area (Å²) in [5.41, 5.74) is 2.91. The van der Waals surface area contributed by atoms with Crippen LogP contribution >= 0.6 is 0 Å². The van der Waals surface area contributed by atoms with Crippen LogP contribution in [0.3, 0.4) is 0 Å². The lowest BCUT2D eigenvalue weighted by Gasteiger charge is -2.23. The highest BCUT2D eigenvalue weighted by Crippen LogP contribution is 2.19. The highest BCUT2D eigenvalue weighted by Gasteiger charge is 2.22. The van der Waals surface area contributed by atoms with E-state index >= 15 is 0 Å². The molecule has 6 heteroatoms. The van der Waals surface area contributed by atoms with Gasteiger partial charge in [-0.15, -0.1) is 0 Å². The second kappa shape index (κ2) is 7.75. The molecular formula is C18H20N4O2. The number of nitriles is 1. The van der Waals surface area contributed by atoms with Gasteiger partial charge in [0, 0.05) is 12.0 Å². The number of benzene rings is 1. The molecule has 1 aromatic carbocycles. The van der Waals surface area contributed by atoms with Gasteiger partial charge >= 0.3 is 0 Å². The molecule has 1 amide bonds. The zero-order valence-electron chi connectivity index (χ0n) is 13.4. The minimum atomic E-state index is -0.525. The number of amides is 1. The van der Waals surface area contributed by atoms with Crippen molar-refractivity contribution < 1.29 is 9.32 Å². The van der Waals surface area contributed by atoms with Crippen LogP contribution in [0.1, 0.15) is 24.8 Å².